The molecule has 210 valence electrons. The van der Waals surface area contributed by atoms with E-state index in [-0.39, 0.29) is 0 Å². The molecule has 0 fully saturated rings. The first-order valence-electron chi connectivity index (χ1n) is 15.4. The maximum absolute atomic E-state index is 6.49. The lowest BCUT2D eigenvalue weighted by atomic mass is 9.84. The highest BCUT2D eigenvalue weighted by atomic mass is 16.3. The van der Waals surface area contributed by atoms with Crippen molar-refractivity contribution in [3.05, 3.63) is 170 Å². The molecule has 0 unspecified atom stereocenters. The number of hydrogen-bond acceptors (Lipinski definition) is 1. The van der Waals surface area contributed by atoms with Gasteiger partial charge in [0, 0.05) is 10.8 Å². The summed E-state index contributed by atoms with van der Waals surface area (Å²) in [5.74, 6) is 0. The normalized spacial score (nSPS) is 11.6. The summed E-state index contributed by atoms with van der Waals surface area (Å²) in [7, 11) is 0. The van der Waals surface area contributed by atoms with E-state index in [1.165, 1.54) is 60.5 Å². The van der Waals surface area contributed by atoms with Gasteiger partial charge in [-0.25, -0.2) is 0 Å². The smallest absolute Gasteiger partial charge is 0.136 e. The van der Waals surface area contributed by atoms with Crippen LogP contribution in [0.25, 0.3) is 88.0 Å². The van der Waals surface area contributed by atoms with Gasteiger partial charge >= 0.3 is 0 Å². The van der Waals surface area contributed by atoms with E-state index in [4.69, 9.17) is 4.42 Å². The van der Waals surface area contributed by atoms with Crippen molar-refractivity contribution in [3.63, 3.8) is 0 Å². The van der Waals surface area contributed by atoms with Crippen LogP contribution in [0, 0.1) is 0 Å². The maximum atomic E-state index is 6.49. The van der Waals surface area contributed by atoms with Crippen LogP contribution in [0.1, 0.15) is 0 Å². The first-order chi connectivity index (χ1) is 22.3. The molecule has 1 heteroatoms. The van der Waals surface area contributed by atoms with Gasteiger partial charge < -0.3 is 4.42 Å². The number of hydrogen-bond donors (Lipinski definition) is 0. The zero-order chi connectivity index (χ0) is 29.7. The van der Waals surface area contributed by atoms with Crippen LogP contribution in [0.5, 0.6) is 0 Å². The second kappa shape index (κ2) is 10.4. The molecule has 9 rings (SSSR count). The Morgan fingerprint density at radius 2 is 0.800 bits per heavy atom. The fraction of sp³-hybridized carbons (Fsp3) is 0. The summed E-state index contributed by atoms with van der Waals surface area (Å²) < 4.78 is 6.49. The minimum atomic E-state index is 0.902. The summed E-state index contributed by atoms with van der Waals surface area (Å²) in [5, 5.41) is 7.22. The van der Waals surface area contributed by atoms with Crippen LogP contribution in [-0.4, -0.2) is 0 Å². The molecule has 0 spiro atoms. The van der Waals surface area contributed by atoms with Gasteiger partial charge in [0.15, 0.2) is 0 Å². The van der Waals surface area contributed by atoms with Gasteiger partial charge in [0.25, 0.3) is 0 Å². The highest BCUT2D eigenvalue weighted by Gasteiger charge is 2.19. The Bertz CT molecular complexity index is 2460. The van der Waals surface area contributed by atoms with Gasteiger partial charge in [-0.3, -0.25) is 0 Å². The lowest BCUT2D eigenvalue weighted by molar-refractivity contribution is 0.669. The van der Waals surface area contributed by atoms with E-state index in [1.807, 2.05) is 0 Å². The third-order valence-corrected chi connectivity index (χ3v) is 9.08. The first-order valence-corrected chi connectivity index (χ1v) is 15.4. The molecule has 1 heterocycles. The second-order valence-electron chi connectivity index (χ2n) is 11.6. The topological polar surface area (TPSA) is 13.1 Å². The van der Waals surface area contributed by atoms with E-state index in [0.29, 0.717) is 0 Å². The molecule has 0 atom stereocenters. The largest absolute Gasteiger partial charge is 0.456 e. The van der Waals surface area contributed by atoms with Crippen molar-refractivity contribution in [2.24, 2.45) is 0 Å². The summed E-state index contributed by atoms with van der Waals surface area (Å²) in [4.78, 5) is 0. The zero-order valence-electron chi connectivity index (χ0n) is 24.6. The molecule has 0 amide bonds. The van der Waals surface area contributed by atoms with E-state index in [2.05, 4.69) is 170 Å². The molecule has 8 aromatic carbocycles. The van der Waals surface area contributed by atoms with Crippen molar-refractivity contribution in [1.29, 1.82) is 0 Å². The third kappa shape index (κ3) is 4.17. The molecule has 0 aliphatic carbocycles. The van der Waals surface area contributed by atoms with Gasteiger partial charge in [-0.15, -0.1) is 0 Å². The third-order valence-electron chi connectivity index (χ3n) is 9.08. The standard InChI is InChI=1S/C44H28O/c1-3-13-29(14-4-1)31-24-26-41-40(27-31)34-25-23-32(28-42(34)45-41)43-36-19-9-11-21-38(36)44(39-22-12-10-20-37(39)43)35-18-8-7-17-33(35)30-15-5-2-6-16-30/h1-28H. The van der Waals surface area contributed by atoms with Crippen LogP contribution < -0.4 is 0 Å². The minimum absolute atomic E-state index is 0.902. The highest BCUT2D eigenvalue weighted by Crippen LogP contribution is 2.46. The number of benzene rings is 8. The SMILES string of the molecule is c1ccc(-c2ccc3oc4cc(-c5c6ccccc6c(-c6ccccc6-c6ccccc6)c6ccccc56)ccc4c3c2)cc1. The Morgan fingerprint density at radius 3 is 1.47 bits per heavy atom. The van der Waals surface area contributed by atoms with Gasteiger partial charge in [0.05, 0.1) is 0 Å². The summed E-state index contributed by atoms with van der Waals surface area (Å²) in [6.07, 6.45) is 0. The van der Waals surface area contributed by atoms with Crippen LogP contribution in [0.2, 0.25) is 0 Å². The predicted octanol–water partition coefficient (Wildman–Crippen LogP) is 12.6. The molecule has 0 saturated heterocycles. The van der Waals surface area contributed by atoms with E-state index >= 15 is 0 Å². The molecule has 0 bridgehead atoms. The van der Waals surface area contributed by atoms with Gasteiger partial charge in [-0.2, -0.15) is 0 Å². The summed E-state index contributed by atoms with van der Waals surface area (Å²) in [5.41, 5.74) is 11.6. The van der Waals surface area contributed by atoms with Gasteiger partial charge in [-0.1, -0.05) is 146 Å². The fourth-order valence-corrected chi connectivity index (χ4v) is 7.04. The van der Waals surface area contributed by atoms with E-state index < -0.39 is 0 Å². The van der Waals surface area contributed by atoms with Crippen molar-refractivity contribution in [2.75, 3.05) is 0 Å². The van der Waals surface area contributed by atoms with Crippen molar-refractivity contribution >= 4 is 43.5 Å². The van der Waals surface area contributed by atoms with Gasteiger partial charge in [-0.05, 0) is 90.3 Å². The lowest BCUT2D eigenvalue weighted by Crippen LogP contribution is -1.92. The number of rotatable bonds is 4. The maximum Gasteiger partial charge on any atom is 0.136 e. The average Bonchev–Trinajstić information content (AvgIpc) is 3.48. The Labute approximate surface area is 261 Å². The Morgan fingerprint density at radius 1 is 0.267 bits per heavy atom. The van der Waals surface area contributed by atoms with E-state index in [9.17, 15) is 0 Å². The molecule has 0 aliphatic rings. The molecule has 45 heavy (non-hydrogen) atoms. The number of fused-ring (bicyclic) bond motifs is 5. The average molecular weight is 573 g/mol. The van der Waals surface area contributed by atoms with E-state index in [1.54, 1.807) is 0 Å². The van der Waals surface area contributed by atoms with Crippen LogP contribution in [0.15, 0.2) is 174 Å². The minimum Gasteiger partial charge on any atom is -0.456 e. The van der Waals surface area contributed by atoms with Crippen LogP contribution in [0.3, 0.4) is 0 Å². The molecule has 9 aromatic rings. The molecule has 0 N–H and O–H groups in total. The molecule has 1 aromatic heterocycles. The van der Waals surface area contributed by atoms with Crippen molar-refractivity contribution in [2.45, 2.75) is 0 Å². The highest BCUT2D eigenvalue weighted by molar-refractivity contribution is 6.23. The molecule has 0 aliphatic heterocycles. The first kappa shape index (κ1) is 25.6. The number of furan rings is 1. The Kier molecular flexibility index (Phi) is 5.89. The van der Waals surface area contributed by atoms with Crippen LogP contribution in [-0.2, 0) is 0 Å². The van der Waals surface area contributed by atoms with Crippen LogP contribution in [0.4, 0.5) is 0 Å². The van der Waals surface area contributed by atoms with Crippen molar-refractivity contribution in [1.82, 2.24) is 0 Å². The Balaban J connectivity index is 1.29. The van der Waals surface area contributed by atoms with Gasteiger partial charge in [0.1, 0.15) is 11.2 Å². The molecule has 0 radical (unpaired) electrons. The molecular formula is C44H28O. The lowest BCUT2D eigenvalue weighted by Gasteiger charge is -2.19. The summed E-state index contributed by atoms with van der Waals surface area (Å²) in [6.45, 7) is 0. The van der Waals surface area contributed by atoms with Crippen LogP contribution >= 0.6 is 0 Å². The van der Waals surface area contributed by atoms with Gasteiger partial charge in [0.2, 0.25) is 0 Å². The van der Waals surface area contributed by atoms with Crippen molar-refractivity contribution in [3.8, 4) is 44.5 Å². The quantitative estimate of drug-likeness (QED) is 0.191. The Hall–Kier alpha value is -5.92. The molecular weight excluding hydrogens is 544 g/mol. The predicted molar refractivity (Wildman–Crippen MR) is 190 cm³/mol. The fourth-order valence-electron chi connectivity index (χ4n) is 7.04. The molecule has 1 nitrogen and oxygen atoms in total. The zero-order valence-corrected chi connectivity index (χ0v) is 24.6. The van der Waals surface area contributed by atoms with Crippen molar-refractivity contribution < 1.29 is 4.42 Å². The second-order valence-corrected chi connectivity index (χ2v) is 11.6. The monoisotopic (exact) mass is 572 g/mol. The molecule has 0 saturated carbocycles. The van der Waals surface area contributed by atoms with E-state index in [0.717, 1.165) is 27.5 Å². The summed E-state index contributed by atoms with van der Waals surface area (Å²) in [6, 6.07) is 60.9. The summed E-state index contributed by atoms with van der Waals surface area (Å²) >= 11 is 0.